The molecule has 2 aromatic carbocycles. The standard InChI is InChI=1S/C23H25FN4O2/c24-19-13-7-6-12-18(19)21(29)25-20(16-17-10-4-3-5-11-17)22-26-27-23(30-22)28-14-8-1-2-9-15-28/h3-7,10-13,20H,1-2,8-9,14-16H2,(H,25,29)/t20-/m1/s1. The van der Waals surface area contributed by atoms with Gasteiger partial charge in [0.05, 0.1) is 5.56 Å². The highest BCUT2D eigenvalue weighted by Crippen LogP contribution is 2.24. The van der Waals surface area contributed by atoms with Crippen LogP contribution in [0.5, 0.6) is 0 Å². The van der Waals surface area contributed by atoms with Crippen LogP contribution in [0.3, 0.4) is 0 Å². The third-order valence-electron chi connectivity index (χ3n) is 5.31. The molecule has 30 heavy (non-hydrogen) atoms. The summed E-state index contributed by atoms with van der Waals surface area (Å²) in [5, 5.41) is 11.3. The number of hydrogen-bond acceptors (Lipinski definition) is 5. The normalized spacial score (nSPS) is 15.4. The first-order valence-corrected chi connectivity index (χ1v) is 10.4. The van der Waals surface area contributed by atoms with Crippen LogP contribution >= 0.6 is 0 Å². The fourth-order valence-corrected chi connectivity index (χ4v) is 3.69. The van der Waals surface area contributed by atoms with Crippen molar-refractivity contribution in [2.75, 3.05) is 18.0 Å². The Bertz CT molecular complexity index is 968. The van der Waals surface area contributed by atoms with Gasteiger partial charge in [-0.25, -0.2) is 4.39 Å². The average Bonchev–Trinajstić information content (AvgIpc) is 3.10. The van der Waals surface area contributed by atoms with E-state index in [0.29, 0.717) is 18.3 Å². The number of nitrogens with one attached hydrogen (secondary N) is 1. The Hall–Kier alpha value is -3.22. The summed E-state index contributed by atoms with van der Waals surface area (Å²) >= 11 is 0. The van der Waals surface area contributed by atoms with Gasteiger partial charge in [0.25, 0.3) is 5.91 Å². The Labute approximate surface area is 175 Å². The van der Waals surface area contributed by atoms with E-state index in [1.54, 1.807) is 12.1 Å². The highest BCUT2D eigenvalue weighted by molar-refractivity contribution is 5.94. The third kappa shape index (κ3) is 4.84. The Morgan fingerprint density at radius 2 is 1.70 bits per heavy atom. The zero-order valence-corrected chi connectivity index (χ0v) is 16.8. The molecule has 1 fully saturated rings. The number of nitrogens with zero attached hydrogens (tertiary/aromatic N) is 3. The first-order valence-electron chi connectivity index (χ1n) is 10.4. The van der Waals surface area contributed by atoms with Gasteiger partial charge in [-0.15, -0.1) is 5.10 Å². The second-order valence-corrected chi connectivity index (χ2v) is 7.52. The Morgan fingerprint density at radius 3 is 2.43 bits per heavy atom. The van der Waals surface area contributed by atoms with Gasteiger partial charge in [0.2, 0.25) is 5.89 Å². The third-order valence-corrected chi connectivity index (χ3v) is 5.31. The van der Waals surface area contributed by atoms with Crippen LogP contribution in [0.4, 0.5) is 10.4 Å². The summed E-state index contributed by atoms with van der Waals surface area (Å²) in [6.45, 7) is 1.76. The van der Waals surface area contributed by atoms with Crippen LogP contribution in [0.2, 0.25) is 0 Å². The van der Waals surface area contributed by atoms with Crippen LogP contribution in [0.25, 0.3) is 0 Å². The second-order valence-electron chi connectivity index (χ2n) is 7.52. The summed E-state index contributed by atoms with van der Waals surface area (Å²) in [5.74, 6) is -0.754. The predicted molar refractivity (Wildman–Crippen MR) is 112 cm³/mol. The van der Waals surface area contributed by atoms with Crippen LogP contribution in [0.1, 0.15) is 53.5 Å². The zero-order valence-electron chi connectivity index (χ0n) is 16.8. The number of amides is 1. The first kappa shape index (κ1) is 20.1. The largest absolute Gasteiger partial charge is 0.406 e. The lowest BCUT2D eigenvalue weighted by molar-refractivity contribution is 0.0926. The number of halogens is 1. The van der Waals surface area contributed by atoms with Crippen molar-refractivity contribution in [3.63, 3.8) is 0 Å². The monoisotopic (exact) mass is 408 g/mol. The van der Waals surface area contributed by atoms with Crippen molar-refractivity contribution in [2.45, 2.75) is 38.1 Å². The summed E-state index contributed by atoms with van der Waals surface area (Å²) in [6.07, 6.45) is 5.05. The van der Waals surface area contributed by atoms with Crippen LogP contribution in [-0.2, 0) is 6.42 Å². The Kier molecular flexibility index (Phi) is 6.37. The fourth-order valence-electron chi connectivity index (χ4n) is 3.69. The van der Waals surface area contributed by atoms with Crippen molar-refractivity contribution >= 4 is 11.9 Å². The highest BCUT2D eigenvalue weighted by Gasteiger charge is 2.25. The van der Waals surface area contributed by atoms with Crippen molar-refractivity contribution < 1.29 is 13.6 Å². The number of anilines is 1. The molecule has 1 amide bonds. The highest BCUT2D eigenvalue weighted by atomic mass is 19.1. The number of benzene rings is 2. The molecule has 1 aromatic heterocycles. The molecule has 0 saturated carbocycles. The van der Waals surface area contributed by atoms with Crippen molar-refractivity contribution in [3.05, 3.63) is 77.4 Å². The molecule has 3 aromatic rings. The lowest BCUT2D eigenvalue weighted by Gasteiger charge is -2.18. The number of aromatic nitrogens is 2. The van der Waals surface area contributed by atoms with Gasteiger partial charge in [0.15, 0.2) is 0 Å². The number of carbonyl (C=O) groups is 1. The van der Waals surface area contributed by atoms with Crippen molar-refractivity contribution in [1.82, 2.24) is 15.5 Å². The molecular formula is C23H25FN4O2. The maximum absolute atomic E-state index is 14.1. The second kappa shape index (κ2) is 9.52. The lowest BCUT2D eigenvalue weighted by Crippen LogP contribution is -2.31. The molecule has 0 unspecified atom stereocenters. The molecule has 0 radical (unpaired) electrons. The summed E-state index contributed by atoms with van der Waals surface area (Å²) in [4.78, 5) is 14.8. The Morgan fingerprint density at radius 1 is 1.00 bits per heavy atom. The molecule has 1 N–H and O–H groups in total. The minimum Gasteiger partial charge on any atom is -0.406 e. The summed E-state index contributed by atoms with van der Waals surface area (Å²) in [7, 11) is 0. The predicted octanol–water partition coefficient (Wildman–Crippen LogP) is 4.30. The number of rotatable bonds is 6. The van der Waals surface area contributed by atoms with Crippen LogP contribution in [0, 0.1) is 5.82 Å². The molecule has 156 valence electrons. The molecule has 0 spiro atoms. The van der Waals surface area contributed by atoms with E-state index >= 15 is 0 Å². The fraction of sp³-hybridized carbons (Fsp3) is 0.348. The molecule has 4 rings (SSSR count). The van der Waals surface area contributed by atoms with Crippen LogP contribution in [-0.4, -0.2) is 29.2 Å². The molecule has 1 aliphatic heterocycles. The van der Waals surface area contributed by atoms with Gasteiger partial charge in [-0.1, -0.05) is 60.4 Å². The first-order chi connectivity index (χ1) is 14.7. The van der Waals surface area contributed by atoms with Crippen LogP contribution < -0.4 is 10.2 Å². The molecule has 6 nitrogen and oxygen atoms in total. The van der Waals surface area contributed by atoms with Gasteiger partial charge < -0.3 is 14.6 Å². The van der Waals surface area contributed by atoms with Gasteiger partial charge in [-0.05, 0) is 30.5 Å². The van der Waals surface area contributed by atoms with E-state index in [2.05, 4.69) is 20.4 Å². The van der Waals surface area contributed by atoms with E-state index in [1.165, 1.54) is 25.0 Å². The summed E-state index contributed by atoms with van der Waals surface area (Å²) in [6, 6.07) is 15.6. The molecular weight excluding hydrogens is 383 g/mol. The Balaban J connectivity index is 1.57. The van der Waals surface area contributed by atoms with E-state index < -0.39 is 17.8 Å². The van der Waals surface area contributed by atoms with Gasteiger partial charge >= 0.3 is 6.01 Å². The molecule has 1 atom stereocenters. The van der Waals surface area contributed by atoms with Crippen molar-refractivity contribution in [2.24, 2.45) is 0 Å². The summed E-state index contributed by atoms with van der Waals surface area (Å²) < 4.78 is 20.1. The quantitative estimate of drug-likeness (QED) is 0.658. The minimum absolute atomic E-state index is 0.0113. The molecule has 2 heterocycles. The van der Waals surface area contributed by atoms with Gasteiger partial charge in [0, 0.05) is 19.5 Å². The molecule has 7 heteroatoms. The molecule has 0 aliphatic carbocycles. The number of hydrogen-bond donors (Lipinski definition) is 1. The topological polar surface area (TPSA) is 71.3 Å². The van der Waals surface area contributed by atoms with E-state index in [0.717, 1.165) is 31.5 Å². The summed E-state index contributed by atoms with van der Waals surface area (Å²) in [5.41, 5.74) is 0.994. The maximum atomic E-state index is 14.1. The molecule has 0 bridgehead atoms. The SMILES string of the molecule is O=C(N[C@H](Cc1ccccc1)c1nnc(N2CCCCCC2)o1)c1ccccc1F. The van der Waals surface area contributed by atoms with Gasteiger partial charge in [0.1, 0.15) is 11.9 Å². The average molecular weight is 408 g/mol. The van der Waals surface area contributed by atoms with E-state index in [-0.39, 0.29) is 5.56 Å². The van der Waals surface area contributed by atoms with E-state index in [1.807, 2.05) is 30.3 Å². The zero-order chi connectivity index (χ0) is 20.8. The van der Waals surface area contributed by atoms with Crippen molar-refractivity contribution in [1.29, 1.82) is 0 Å². The van der Waals surface area contributed by atoms with Gasteiger partial charge in [-0.2, -0.15) is 0 Å². The van der Waals surface area contributed by atoms with E-state index in [4.69, 9.17) is 4.42 Å². The minimum atomic E-state index is -0.566. The number of carbonyl (C=O) groups excluding carboxylic acids is 1. The molecule has 1 saturated heterocycles. The molecule has 1 aliphatic rings. The van der Waals surface area contributed by atoms with Crippen LogP contribution in [0.15, 0.2) is 59.0 Å². The van der Waals surface area contributed by atoms with Gasteiger partial charge in [-0.3, -0.25) is 4.79 Å². The lowest BCUT2D eigenvalue weighted by atomic mass is 10.1. The smallest absolute Gasteiger partial charge is 0.318 e. The van der Waals surface area contributed by atoms with E-state index in [9.17, 15) is 9.18 Å². The van der Waals surface area contributed by atoms with Crippen molar-refractivity contribution in [3.8, 4) is 0 Å². The maximum Gasteiger partial charge on any atom is 0.318 e.